The molecule has 0 bridgehead atoms. The van der Waals surface area contributed by atoms with E-state index in [0.717, 1.165) is 15.6 Å². The summed E-state index contributed by atoms with van der Waals surface area (Å²) in [5.74, 6) is 0.835. The summed E-state index contributed by atoms with van der Waals surface area (Å²) in [5.41, 5.74) is 3.04. The summed E-state index contributed by atoms with van der Waals surface area (Å²) in [5, 5.41) is 9.50. The first-order valence-electron chi connectivity index (χ1n) is 11.2. The van der Waals surface area contributed by atoms with Crippen molar-refractivity contribution in [2.45, 2.75) is 5.92 Å². The number of amides is 2. The van der Waals surface area contributed by atoms with Gasteiger partial charge in [0.1, 0.15) is 17.3 Å². The van der Waals surface area contributed by atoms with Gasteiger partial charge in [0.05, 0.1) is 12.3 Å². The van der Waals surface area contributed by atoms with E-state index in [2.05, 4.69) is 26.3 Å². The Labute approximate surface area is 221 Å². The molecule has 0 aromatic heterocycles. The molecule has 1 unspecified atom stereocenters. The van der Waals surface area contributed by atoms with Gasteiger partial charge in [0, 0.05) is 21.1 Å². The van der Waals surface area contributed by atoms with E-state index in [1.54, 1.807) is 48.5 Å². The number of hydrogen-bond donors (Lipinski definition) is 1. The zero-order chi connectivity index (χ0) is 25.1. The van der Waals surface area contributed by atoms with Crippen LogP contribution in [0.2, 0.25) is 5.02 Å². The number of benzene rings is 4. The fraction of sp³-hybridized carbons (Fsp3) is 0.0714. The summed E-state index contributed by atoms with van der Waals surface area (Å²) >= 11 is 9.46. The van der Waals surface area contributed by atoms with Crippen LogP contribution >= 0.6 is 27.5 Å². The molecule has 4 aromatic rings. The Morgan fingerprint density at radius 1 is 0.917 bits per heavy atom. The number of anilines is 1. The van der Waals surface area contributed by atoms with Crippen LogP contribution in [0.4, 0.5) is 14.9 Å². The highest BCUT2D eigenvalue weighted by Crippen LogP contribution is 2.30. The minimum atomic E-state index is -0.368. The van der Waals surface area contributed by atoms with Crippen molar-refractivity contribution >= 4 is 45.0 Å². The molecular weight excluding hydrogens is 545 g/mol. The molecule has 0 saturated heterocycles. The highest BCUT2D eigenvalue weighted by Gasteiger charge is 2.32. The third-order valence-electron chi connectivity index (χ3n) is 5.72. The zero-order valence-corrected chi connectivity index (χ0v) is 21.2. The standard InChI is InChI=1S/C28H20BrClFN3O2/c29-20-5-13-24(14-6-20)36-25-15-11-23(12-16-25)32-28(35)34-17-26(18-3-9-22(31)10-4-18)27(33-34)19-1-7-21(30)8-2-19/h1-16,26H,17H2,(H,32,35). The first-order chi connectivity index (χ1) is 17.4. The van der Waals surface area contributed by atoms with Crippen LogP contribution < -0.4 is 10.1 Å². The summed E-state index contributed by atoms with van der Waals surface area (Å²) in [7, 11) is 0. The van der Waals surface area contributed by atoms with Gasteiger partial charge < -0.3 is 10.1 Å². The summed E-state index contributed by atoms with van der Waals surface area (Å²) < 4.78 is 20.3. The van der Waals surface area contributed by atoms with Gasteiger partial charge in [-0.2, -0.15) is 5.10 Å². The second-order valence-electron chi connectivity index (χ2n) is 8.19. The molecule has 0 aliphatic carbocycles. The predicted molar refractivity (Wildman–Crippen MR) is 144 cm³/mol. The fourth-order valence-corrected chi connectivity index (χ4v) is 4.29. The van der Waals surface area contributed by atoms with E-state index in [4.69, 9.17) is 16.3 Å². The van der Waals surface area contributed by atoms with Crippen molar-refractivity contribution in [3.63, 3.8) is 0 Å². The maximum atomic E-state index is 13.5. The monoisotopic (exact) mass is 563 g/mol. The Morgan fingerprint density at radius 3 is 2.17 bits per heavy atom. The lowest BCUT2D eigenvalue weighted by Crippen LogP contribution is -2.30. The van der Waals surface area contributed by atoms with Crippen LogP contribution in [0.3, 0.4) is 0 Å². The largest absolute Gasteiger partial charge is 0.457 e. The van der Waals surface area contributed by atoms with Crippen LogP contribution in [0.5, 0.6) is 11.5 Å². The quantitative estimate of drug-likeness (QED) is 0.266. The molecule has 8 heteroatoms. The van der Waals surface area contributed by atoms with E-state index in [1.165, 1.54) is 17.1 Å². The molecule has 0 fully saturated rings. The number of halogens is 3. The second-order valence-corrected chi connectivity index (χ2v) is 9.54. The summed E-state index contributed by atoms with van der Waals surface area (Å²) in [6.45, 7) is 0.320. The molecule has 4 aromatic carbocycles. The average Bonchev–Trinajstić information content (AvgIpc) is 3.33. The molecule has 2 amide bonds. The number of rotatable bonds is 5. The number of hydrazone groups is 1. The van der Waals surface area contributed by atoms with Crippen molar-refractivity contribution < 1.29 is 13.9 Å². The van der Waals surface area contributed by atoms with Crippen molar-refractivity contribution in [1.29, 1.82) is 0 Å². The number of hydrogen-bond acceptors (Lipinski definition) is 3. The van der Waals surface area contributed by atoms with Gasteiger partial charge in [0.2, 0.25) is 0 Å². The molecule has 1 heterocycles. The van der Waals surface area contributed by atoms with Crippen LogP contribution in [0, 0.1) is 5.82 Å². The minimum Gasteiger partial charge on any atom is -0.457 e. The molecule has 5 rings (SSSR count). The lowest BCUT2D eigenvalue weighted by atomic mass is 9.90. The number of nitrogens with zero attached hydrogens (tertiary/aromatic N) is 2. The van der Waals surface area contributed by atoms with Crippen molar-refractivity contribution in [1.82, 2.24) is 5.01 Å². The highest BCUT2D eigenvalue weighted by molar-refractivity contribution is 9.10. The number of nitrogens with one attached hydrogen (secondary N) is 1. The first kappa shape index (κ1) is 24.0. The Morgan fingerprint density at radius 2 is 1.53 bits per heavy atom. The third-order valence-corrected chi connectivity index (χ3v) is 6.50. The number of carbonyl (C=O) groups excluding carboxylic acids is 1. The normalized spacial score (nSPS) is 14.9. The van der Waals surface area contributed by atoms with Crippen molar-refractivity contribution in [3.05, 3.63) is 124 Å². The summed E-state index contributed by atoms with van der Waals surface area (Å²) in [6.07, 6.45) is 0. The minimum absolute atomic E-state index is 0.209. The maximum absolute atomic E-state index is 13.5. The Balaban J connectivity index is 1.32. The first-order valence-corrected chi connectivity index (χ1v) is 12.3. The van der Waals surface area contributed by atoms with Crippen LogP contribution in [0.25, 0.3) is 0 Å². The molecule has 0 radical (unpaired) electrons. The molecule has 1 aliphatic heterocycles. The maximum Gasteiger partial charge on any atom is 0.342 e. The number of ether oxygens (including phenoxy) is 1. The molecule has 5 nitrogen and oxygen atoms in total. The van der Waals surface area contributed by atoms with Gasteiger partial charge in [0.15, 0.2) is 0 Å². The molecule has 0 saturated carbocycles. The Hall–Kier alpha value is -3.68. The molecule has 1 atom stereocenters. The van der Waals surface area contributed by atoms with Crippen LogP contribution in [0.1, 0.15) is 17.0 Å². The van der Waals surface area contributed by atoms with Gasteiger partial charge in [-0.3, -0.25) is 0 Å². The number of urea groups is 1. The molecule has 1 N–H and O–H groups in total. The van der Waals surface area contributed by atoms with E-state index in [-0.39, 0.29) is 17.8 Å². The van der Waals surface area contributed by atoms with Crippen molar-refractivity contribution in [2.24, 2.45) is 5.10 Å². The van der Waals surface area contributed by atoms with Crippen molar-refractivity contribution in [3.8, 4) is 11.5 Å². The molecule has 1 aliphatic rings. The molecule has 36 heavy (non-hydrogen) atoms. The van der Waals surface area contributed by atoms with E-state index in [9.17, 15) is 9.18 Å². The van der Waals surface area contributed by atoms with Crippen LogP contribution in [-0.2, 0) is 0 Å². The molecule has 0 spiro atoms. The SMILES string of the molecule is O=C(Nc1ccc(Oc2ccc(Br)cc2)cc1)N1CC(c2ccc(F)cc2)C(c2ccc(Cl)cc2)=N1. The lowest BCUT2D eigenvalue weighted by Gasteiger charge is -2.16. The van der Waals surface area contributed by atoms with E-state index < -0.39 is 0 Å². The summed E-state index contributed by atoms with van der Waals surface area (Å²) in [4.78, 5) is 13.1. The van der Waals surface area contributed by atoms with Crippen molar-refractivity contribution in [2.75, 3.05) is 11.9 Å². The van der Waals surface area contributed by atoms with E-state index >= 15 is 0 Å². The van der Waals surface area contributed by atoms with Crippen LogP contribution in [0.15, 0.2) is 107 Å². The predicted octanol–water partition coefficient (Wildman–Crippen LogP) is 8.07. The smallest absolute Gasteiger partial charge is 0.342 e. The third kappa shape index (κ3) is 5.58. The van der Waals surface area contributed by atoms with Gasteiger partial charge in [0.25, 0.3) is 0 Å². The van der Waals surface area contributed by atoms with E-state index in [1.807, 2.05) is 36.4 Å². The topological polar surface area (TPSA) is 53.9 Å². The average molecular weight is 565 g/mol. The Kier molecular flexibility index (Phi) is 7.02. The lowest BCUT2D eigenvalue weighted by molar-refractivity contribution is 0.218. The molecule has 180 valence electrons. The Bertz CT molecular complexity index is 1390. The zero-order valence-electron chi connectivity index (χ0n) is 18.9. The van der Waals surface area contributed by atoms with Crippen LogP contribution in [-0.4, -0.2) is 23.3 Å². The van der Waals surface area contributed by atoms with Gasteiger partial charge in [-0.15, -0.1) is 0 Å². The van der Waals surface area contributed by atoms with E-state index in [0.29, 0.717) is 34.5 Å². The molecular formula is C28H20BrClFN3O2. The van der Waals surface area contributed by atoms with Gasteiger partial charge in [-0.05, 0) is 83.9 Å². The summed E-state index contributed by atoms with van der Waals surface area (Å²) in [6, 6.07) is 27.8. The van der Waals surface area contributed by atoms with Gasteiger partial charge in [-0.1, -0.05) is 51.8 Å². The highest BCUT2D eigenvalue weighted by atomic mass is 79.9. The van der Waals surface area contributed by atoms with Gasteiger partial charge in [-0.25, -0.2) is 14.2 Å². The number of carbonyl (C=O) groups is 1. The second kappa shape index (κ2) is 10.5. The van der Waals surface area contributed by atoms with Gasteiger partial charge >= 0.3 is 6.03 Å². The fourth-order valence-electron chi connectivity index (χ4n) is 3.90.